The molecule has 0 bridgehead atoms. The van der Waals surface area contributed by atoms with Gasteiger partial charge in [-0.1, -0.05) is 42.7 Å². The van der Waals surface area contributed by atoms with Crippen molar-refractivity contribution in [3.05, 3.63) is 35.4 Å². The van der Waals surface area contributed by atoms with E-state index in [0.717, 1.165) is 17.4 Å². The number of aliphatic hydroxyl groups is 1. The molecular formula is C16H23NO. The Labute approximate surface area is 109 Å². The van der Waals surface area contributed by atoms with E-state index >= 15 is 0 Å². The number of hydrogen-bond donors (Lipinski definition) is 2. The van der Waals surface area contributed by atoms with Gasteiger partial charge in [0.25, 0.3) is 0 Å². The number of hydrogen-bond acceptors (Lipinski definition) is 2. The van der Waals surface area contributed by atoms with Gasteiger partial charge in [-0.3, -0.25) is 0 Å². The Morgan fingerprint density at radius 1 is 1.39 bits per heavy atom. The van der Waals surface area contributed by atoms with E-state index in [4.69, 9.17) is 0 Å². The first kappa shape index (κ1) is 12.2. The lowest BCUT2D eigenvalue weighted by Gasteiger charge is -2.41. The number of aliphatic hydroxyl groups excluding tert-OH is 1. The van der Waals surface area contributed by atoms with Crippen molar-refractivity contribution in [2.45, 2.75) is 44.8 Å². The predicted octanol–water partition coefficient (Wildman–Crippen LogP) is 2.81. The molecular weight excluding hydrogens is 222 g/mol. The molecule has 3 rings (SSSR count). The largest absolute Gasteiger partial charge is 0.387 e. The number of nitrogens with one attached hydrogen (secondary N) is 1. The lowest BCUT2D eigenvalue weighted by molar-refractivity contribution is 0.107. The summed E-state index contributed by atoms with van der Waals surface area (Å²) in [7, 11) is 0. The minimum absolute atomic E-state index is 0.370. The van der Waals surface area contributed by atoms with E-state index in [2.05, 4.69) is 24.4 Å². The van der Waals surface area contributed by atoms with Gasteiger partial charge in [0.15, 0.2) is 0 Å². The van der Waals surface area contributed by atoms with Crippen LogP contribution in [0.3, 0.4) is 0 Å². The van der Waals surface area contributed by atoms with Crippen LogP contribution in [-0.2, 0) is 0 Å². The highest BCUT2D eigenvalue weighted by atomic mass is 16.3. The van der Waals surface area contributed by atoms with E-state index in [0.29, 0.717) is 12.6 Å². The summed E-state index contributed by atoms with van der Waals surface area (Å²) < 4.78 is 0. The van der Waals surface area contributed by atoms with Crippen molar-refractivity contribution in [3.8, 4) is 0 Å². The number of benzene rings is 1. The molecule has 4 unspecified atom stereocenters. The Balaban J connectivity index is 1.51. The van der Waals surface area contributed by atoms with Crippen LogP contribution in [0.15, 0.2) is 24.3 Å². The third-order valence-electron chi connectivity index (χ3n) is 4.79. The van der Waals surface area contributed by atoms with Gasteiger partial charge in [-0.15, -0.1) is 0 Å². The van der Waals surface area contributed by atoms with Crippen LogP contribution in [0.5, 0.6) is 0 Å². The van der Waals surface area contributed by atoms with Crippen LogP contribution in [-0.4, -0.2) is 17.7 Å². The molecule has 2 nitrogen and oxygen atoms in total. The zero-order chi connectivity index (χ0) is 12.5. The van der Waals surface area contributed by atoms with Crippen molar-refractivity contribution in [3.63, 3.8) is 0 Å². The van der Waals surface area contributed by atoms with Gasteiger partial charge in [0.1, 0.15) is 0 Å². The Bertz CT molecular complexity index is 417. The molecule has 1 aromatic carbocycles. The van der Waals surface area contributed by atoms with E-state index in [1.807, 2.05) is 12.1 Å². The van der Waals surface area contributed by atoms with E-state index in [1.165, 1.54) is 31.2 Å². The Morgan fingerprint density at radius 3 is 3.06 bits per heavy atom. The fourth-order valence-corrected chi connectivity index (χ4v) is 3.69. The highest BCUT2D eigenvalue weighted by Gasteiger charge is 2.43. The maximum atomic E-state index is 10.2. The van der Waals surface area contributed by atoms with Gasteiger partial charge in [-0.2, -0.15) is 0 Å². The minimum atomic E-state index is -0.370. The van der Waals surface area contributed by atoms with Crippen molar-refractivity contribution in [2.75, 3.05) is 6.54 Å². The van der Waals surface area contributed by atoms with Gasteiger partial charge in [0, 0.05) is 12.6 Å². The van der Waals surface area contributed by atoms with Gasteiger partial charge in [-0.25, -0.2) is 0 Å². The van der Waals surface area contributed by atoms with Crippen LogP contribution < -0.4 is 5.32 Å². The maximum absolute atomic E-state index is 10.2. The minimum Gasteiger partial charge on any atom is -0.387 e. The van der Waals surface area contributed by atoms with Crippen molar-refractivity contribution >= 4 is 0 Å². The molecule has 18 heavy (non-hydrogen) atoms. The van der Waals surface area contributed by atoms with E-state index in [-0.39, 0.29) is 6.10 Å². The van der Waals surface area contributed by atoms with Crippen LogP contribution in [0.25, 0.3) is 0 Å². The zero-order valence-electron chi connectivity index (χ0n) is 11.1. The fraction of sp³-hybridized carbons (Fsp3) is 0.625. The van der Waals surface area contributed by atoms with Gasteiger partial charge >= 0.3 is 0 Å². The third-order valence-corrected chi connectivity index (χ3v) is 4.79. The van der Waals surface area contributed by atoms with Crippen LogP contribution in [0.2, 0.25) is 0 Å². The van der Waals surface area contributed by atoms with E-state index in [1.54, 1.807) is 0 Å². The van der Waals surface area contributed by atoms with Crippen LogP contribution >= 0.6 is 0 Å². The highest BCUT2D eigenvalue weighted by molar-refractivity contribution is 5.24. The molecule has 2 heteroatoms. The monoisotopic (exact) mass is 245 g/mol. The first-order chi connectivity index (χ1) is 8.74. The molecule has 1 aromatic rings. The topological polar surface area (TPSA) is 32.3 Å². The van der Waals surface area contributed by atoms with Crippen LogP contribution in [0, 0.1) is 18.8 Å². The van der Waals surface area contributed by atoms with Gasteiger partial charge < -0.3 is 10.4 Å². The normalized spacial score (nSPS) is 31.8. The van der Waals surface area contributed by atoms with Crippen molar-refractivity contribution in [1.82, 2.24) is 5.32 Å². The summed E-state index contributed by atoms with van der Waals surface area (Å²) in [6.45, 7) is 2.76. The van der Waals surface area contributed by atoms with Gasteiger partial charge in [0.2, 0.25) is 0 Å². The Hall–Kier alpha value is -0.860. The molecule has 0 spiro atoms. The molecule has 2 saturated carbocycles. The van der Waals surface area contributed by atoms with Crippen molar-refractivity contribution in [2.24, 2.45) is 11.8 Å². The molecule has 0 amide bonds. The molecule has 98 valence electrons. The van der Waals surface area contributed by atoms with Crippen molar-refractivity contribution in [1.29, 1.82) is 0 Å². The second kappa shape index (κ2) is 5.02. The second-order valence-electron chi connectivity index (χ2n) is 6.04. The number of fused-ring (bicyclic) bond motifs is 1. The zero-order valence-corrected chi connectivity index (χ0v) is 11.1. The Kier molecular flexibility index (Phi) is 3.40. The fourth-order valence-electron chi connectivity index (χ4n) is 3.69. The summed E-state index contributed by atoms with van der Waals surface area (Å²) in [5.74, 6) is 1.88. The van der Waals surface area contributed by atoms with Crippen molar-refractivity contribution < 1.29 is 5.11 Å². The third kappa shape index (κ3) is 2.32. The molecule has 0 aliphatic heterocycles. The molecule has 2 aliphatic rings. The molecule has 0 aromatic heterocycles. The van der Waals surface area contributed by atoms with Crippen LogP contribution in [0.1, 0.15) is 42.9 Å². The first-order valence-corrected chi connectivity index (χ1v) is 7.22. The smallest absolute Gasteiger partial charge is 0.0914 e. The lowest BCUT2D eigenvalue weighted by atomic mass is 9.71. The predicted molar refractivity (Wildman–Crippen MR) is 73.4 cm³/mol. The average molecular weight is 245 g/mol. The molecule has 2 N–H and O–H groups in total. The molecule has 0 saturated heterocycles. The summed E-state index contributed by atoms with van der Waals surface area (Å²) in [6, 6.07) is 8.84. The number of aryl methyl sites for hydroxylation is 1. The van der Waals surface area contributed by atoms with Gasteiger partial charge in [-0.05, 0) is 37.2 Å². The number of rotatable bonds is 4. The Morgan fingerprint density at radius 2 is 2.28 bits per heavy atom. The van der Waals surface area contributed by atoms with E-state index in [9.17, 15) is 5.11 Å². The lowest BCUT2D eigenvalue weighted by Crippen LogP contribution is -2.49. The molecule has 0 heterocycles. The molecule has 2 aliphatic carbocycles. The second-order valence-corrected chi connectivity index (χ2v) is 6.04. The van der Waals surface area contributed by atoms with E-state index < -0.39 is 0 Å². The molecule has 2 fully saturated rings. The van der Waals surface area contributed by atoms with Gasteiger partial charge in [0.05, 0.1) is 6.10 Å². The van der Waals surface area contributed by atoms with Crippen LogP contribution in [0.4, 0.5) is 0 Å². The summed E-state index contributed by atoms with van der Waals surface area (Å²) in [6.07, 6.45) is 5.19. The summed E-state index contributed by atoms with van der Waals surface area (Å²) in [5.41, 5.74) is 2.25. The average Bonchev–Trinajstić information content (AvgIpc) is 2.71. The molecule has 4 atom stereocenters. The summed E-state index contributed by atoms with van der Waals surface area (Å²) >= 11 is 0. The summed E-state index contributed by atoms with van der Waals surface area (Å²) in [4.78, 5) is 0. The highest BCUT2D eigenvalue weighted by Crippen LogP contribution is 2.46. The first-order valence-electron chi connectivity index (χ1n) is 7.22. The molecule has 0 radical (unpaired) electrons. The SMILES string of the molecule is Cc1cccc(C(O)CNC2CC3CCCC32)c1. The summed E-state index contributed by atoms with van der Waals surface area (Å²) in [5, 5.41) is 13.7. The quantitative estimate of drug-likeness (QED) is 0.855. The standard InChI is InChI=1S/C16H23NO/c1-11-4-2-6-13(8-11)16(18)10-17-15-9-12-5-3-7-14(12)15/h2,4,6,8,12,14-18H,3,5,7,9-10H2,1H3. The maximum Gasteiger partial charge on any atom is 0.0914 e.